The largest absolute Gasteiger partial charge is 0.483 e. The first-order valence-electron chi connectivity index (χ1n) is 9.90. The minimum Gasteiger partial charge on any atom is -0.483 e. The Labute approximate surface area is 201 Å². The number of hydrogen-bond donors (Lipinski definition) is 2. The van der Waals surface area contributed by atoms with E-state index in [9.17, 15) is 14.4 Å². The van der Waals surface area contributed by atoms with Gasteiger partial charge in [-0.2, -0.15) is 0 Å². The number of halogens is 2. The number of carbonyl (C=O) groups is 3. The first-order chi connectivity index (χ1) is 15.8. The van der Waals surface area contributed by atoms with Crippen LogP contribution in [-0.2, 0) is 9.59 Å². The van der Waals surface area contributed by atoms with Gasteiger partial charge in [-0.3, -0.25) is 14.4 Å². The van der Waals surface area contributed by atoms with E-state index in [4.69, 9.17) is 27.9 Å². The molecule has 7 nitrogen and oxygen atoms in total. The molecule has 0 aliphatic rings. The van der Waals surface area contributed by atoms with E-state index in [1.807, 2.05) is 6.07 Å². The molecule has 0 aromatic heterocycles. The average molecular weight is 486 g/mol. The van der Waals surface area contributed by atoms with Gasteiger partial charge in [-0.05, 0) is 42.5 Å². The monoisotopic (exact) mass is 485 g/mol. The summed E-state index contributed by atoms with van der Waals surface area (Å²) in [6.45, 7) is -0.571. The van der Waals surface area contributed by atoms with Gasteiger partial charge in [-0.15, -0.1) is 0 Å². The number of carbonyl (C=O) groups excluding carboxylic acids is 3. The lowest BCUT2D eigenvalue weighted by Gasteiger charge is -2.18. The van der Waals surface area contributed by atoms with E-state index in [0.717, 1.165) is 0 Å². The number of hydrogen-bond acceptors (Lipinski definition) is 4. The molecule has 2 N–H and O–H groups in total. The fourth-order valence-corrected chi connectivity index (χ4v) is 3.19. The van der Waals surface area contributed by atoms with E-state index in [-0.39, 0.29) is 24.5 Å². The number of amides is 3. The van der Waals surface area contributed by atoms with Crippen molar-refractivity contribution in [1.29, 1.82) is 0 Å². The Bertz CT molecular complexity index is 1160. The quantitative estimate of drug-likeness (QED) is 0.483. The number of likely N-dealkylation sites (N-methyl/N-ethyl adjacent to an activating group) is 1. The van der Waals surface area contributed by atoms with Crippen molar-refractivity contribution in [3.05, 3.63) is 88.4 Å². The van der Waals surface area contributed by atoms with E-state index in [2.05, 4.69) is 10.6 Å². The topological polar surface area (TPSA) is 87.7 Å². The molecule has 0 saturated heterocycles. The molecule has 3 aromatic carbocycles. The molecule has 0 aliphatic heterocycles. The number of nitrogens with zero attached hydrogens (tertiary/aromatic N) is 1. The van der Waals surface area contributed by atoms with E-state index >= 15 is 0 Å². The standard InChI is InChI=1S/C24H21Cl2N3O4/c1-29(14-22(30)28-20-10-6-5-9-19(20)26)23(31)15-33-21-12-11-16(25)13-18(21)24(32)27-17-7-3-2-4-8-17/h2-13H,14-15H2,1H3,(H,27,32)(H,28,30). The number of anilines is 2. The second-order valence-corrected chi connectivity index (χ2v) is 7.87. The first-order valence-corrected chi connectivity index (χ1v) is 10.7. The van der Waals surface area contributed by atoms with Crippen molar-refractivity contribution in [2.24, 2.45) is 0 Å². The lowest BCUT2D eigenvalue weighted by molar-refractivity contribution is -0.135. The third kappa shape index (κ3) is 6.97. The molecule has 0 aliphatic carbocycles. The fourth-order valence-electron chi connectivity index (χ4n) is 2.83. The Morgan fingerprint density at radius 3 is 2.33 bits per heavy atom. The zero-order chi connectivity index (χ0) is 23.8. The highest BCUT2D eigenvalue weighted by Crippen LogP contribution is 2.24. The van der Waals surface area contributed by atoms with Crippen LogP contribution < -0.4 is 15.4 Å². The summed E-state index contributed by atoms with van der Waals surface area (Å²) in [5.74, 6) is -1.10. The van der Waals surface area contributed by atoms with Gasteiger partial charge >= 0.3 is 0 Å². The van der Waals surface area contributed by atoms with Crippen molar-refractivity contribution in [1.82, 2.24) is 4.90 Å². The van der Waals surface area contributed by atoms with Crippen LogP contribution in [0.1, 0.15) is 10.4 Å². The molecule has 0 unspecified atom stereocenters. The summed E-state index contributed by atoms with van der Waals surface area (Å²) in [5.41, 5.74) is 1.24. The van der Waals surface area contributed by atoms with Crippen LogP contribution in [0.25, 0.3) is 0 Å². The van der Waals surface area contributed by atoms with E-state index < -0.39 is 17.7 Å². The molecule has 0 spiro atoms. The predicted octanol–water partition coefficient (Wildman–Crippen LogP) is 4.72. The lowest BCUT2D eigenvalue weighted by Crippen LogP contribution is -2.37. The van der Waals surface area contributed by atoms with Crippen molar-refractivity contribution in [3.63, 3.8) is 0 Å². The molecule has 9 heteroatoms. The minimum absolute atomic E-state index is 0.179. The Morgan fingerprint density at radius 1 is 0.909 bits per heavy atom. The van der Waals surface area contributed by atoms with Crippen molar-refractivity contribution in [3.8, 4) is 5.75 Å². The number of ether oxygens (including phenoxy) is 1. The number of rotatable bonds is 8. The highest BCUT2D eigenvalue weighted by molar-refractivity contribution is 6.33. The van der Waals surface area contributed by atoms with Gasteiger partial charge in [-0.1, -0.05) is 53.5 Å². The molecular formula is C24H21Cl2N3O4. The minimum atomic E-state index is -0.450. The Morgan fingerprint density at radius 2 is 1.61 bits per heavy atom. The molecule has 0 radical (unpaired) electrons. The summed E-state index contributed by atoms with van der Waals surface area (Å²) in [5, 5.41) is 6.15. The van der Waals surface area contributed by atoms with Crippen LogP contribution in [0.3, 0.4) is 0 Å². The van der Waals surface area contributed by atoms with Crippen molar-refractivity contribution in [2.45, 2.75) is 0 Å². The molecule has 170 valence electrons. The summed E-state index contributed by atoms with van der Waals surface area (Å²) in [7, 11) is 1.47. The van der Waals surface area contributed by atoms with Gasteiger partial charge in [-0.25, -0.2) is 0 Å². The van der Waals surface area contributed by atoms with Gasteiger partial charge in [0, 0.05) is 17.8 Å². The summed E-state index contributed by atoms with van der Waals surface area (Å²) in [4.78, 5) is 38.6. The summed E-state index contributed by atoms with van der Waals surface area (Å²) >= 11 is 12.1. The van der Waals surface area contributed by atoms with Crippen LogP contribution in [0.2, 0.25) is 10.0 Å². The summed E-state index contributed by atoms with van der Waals surface area (Å²) < 4.78 is 5.59. The van der Waals surface area contributed by atoms with Gasteiger partial charge in [0.25, 0.3) is 11.8 Å². The van der Waals surface area contributed by atoms with Crippen molar-refractivity contribution < 1.29 is 19.1 Å². The number of benzene rings is 3. The van der Waals surface area contributed by atoms with Gasteiger partial charge in [0.1, 0.15) is 5.75 Å². The lowest BCUT2D eigenvalue weighted by atomic mass is 10.2. The third-order valence-electron chi connectivity index (χ3n) is 4.52. The maximum absolute atomic E-state index is 12.7. The second kappa shape index (κ2) is 11.4. The molecule has 33 heavy (non-hydrogen) atoms. The molecule has 0 saturated carbocycles. The molecule has 0 heterocycles. The van der Waals surface area contributed by atoms with E-state index in [1.54, 1.807) is 54.6 Å². The van der Waals surface area contributed by atoms with Crippen LogP contribution in [0, 0.1) is 0 Å². The smallest absolute Gasteiger partial charge is 0.260 e. The second-order valence-electron chi connectivity index (χ2n) is 7.03. The normalized spacial score (nSPS) is 10.3. The van der Waals surface area contributed by atoms with Crippen LogP contribution in [0.5, 0.6) is 5.75 Å². The Kier molecular flexibility index (Phi) is 8.29. The van der Waals surface area contributed by atoms with E-state index in [0.29, 0.717) is 21.4 Å². The maximum Gasteiger partial charge on any atom is 0.260 e. The molecule has 3 aromatic rings. The molecule has 3 amide bonds. The molecule has 0 bridgehead atoms. The van der Waals surface area contributed by atoms with Gasteiger partial charge < -0.3 is 20.3 Å². The molecular weight excluding hydrogens is 465 g/mol. The van der Waals surface area contributed by atoms with Gasteiger partial charge in [0.05, 0.1) is 22.8 Å². The predicted molar refractivity (Wildman–Crippen MR) is 129 cm³/mol. The van der Waals surface area contributed by atoms with Crippen LogP contribution >= 0.6 is 23.2 Å². The highest BCUT2D eigenvalue weighted by atomic mass is 35.5. The SMILES string of the molecule is CN(CC(=O)Nc1ccccc1Cl)C(=O)COc1ccc(Cl)cc1C(=O)Nc1ccccc1. The fraction of sp³-hybridized carbons (Fsp3) is 0.125. The summed E-state index contributed by atoms with van der Waals surface area (Å²) in [6.07, 6.45) is 0. The van der Waals surface area contributed by atoms with Crippen LogP contribution in [0.4, 0.5) is 11.4 Å². The Hall–Kier alpha value is -3.55. The van der Waals surface area contributed by atoms with Crippen LogP contribution in [-0.4, -0.2) is 42.8 Å². The highest BCUT2D eigenvalue weighted by Gasteiger charge is 2.18. The third-order valence-corrected chi connectivity index (χ3v) is 5.09. The zero-order valence-corrected chi connectivity index (χ0v) is 19.2. The molecule has 0 atom stereocenters. The van der Waals surface area contributed by atoms with Crippen molar-refractivity contribution in [2.75, 3.05) is 30.8 Å². The van der Waals surface area contributed by atoms with Crippen LogP contribution in [0.15, 0.2) is 72.8 Å². The first kappa shape index (κ1) is 24.1. The summed E-state index contributed by atoms with van der Waals surface area (Å²) in [6, 6.07) is 20.2. The molecule has 3 rings (SSSR count). The van der Waals surface area contributed by atoms with Gasteiger partial charge in [0.15, 0.2) is 6.61 Å². The van der Waals surface area contributed by atoms with E-state index in [1.165, 1.54) is 24.1 Å². The number of para-hydroxylation sites is 2. The average Bonchev–Trinajstić information content (AvgIpc) is 2.80. The number of nitrogens with one attached hydrogen (secondary N) is 2. The zero-order valence-electron chi connectivity index (χ0n) is 17.7. The maximum atomic E-state index is 12.7. The molecule has 0 fully saturated rings. The van der Waals surface area contributed by atoms with Gasteiger partial charge in [0.2, 0.25) is 5.91 Å². The van der Waals surface area contributed by atoms with Crippen molar-refractivity contribution >= 4 is 52.3 Å². The Balaban J connectivity index is 1.59.